The van der Waals surface area contributed by atoms with Gasteiger partial charge in [-0.3, -0.25) is 4.79 Å². The second kappa shape index (κ2) is 9.64. The van der Waals surface area contributed by atoms with Crippen molar-refractivity contribution in [2.45, 2.75) is 33.9 Å². The van der Waals surface area contributed by atoms with Gasteiger partial charge in [0.1, 0.15) is 11.5 Å². The monoisotopic (exact) mass is 345 g/mol. The minimum absolute atomic E-state index is 0.213. The number of alkyl halides is 3. The Balaban J connectivity index is 0.000000773. The predicted octanol–water partition coefficient (Wildman–Crippen LogP) is 5.33. The van der Waals surface area contributed by atoms with Crippen LogP contribution >= 0.6 is 0 Å². The molecule has 0 aliphatic heterocycles. The highest BCUT2D eigenvalue weighted by atomic mass is 19.4. The minimum Gasteiger partial charge on any atom is -0.481 e. The molecule has 0 unspecified atom stereocenters. The van der Waals surface area contributed by atoms with Crippen LogP contribution in [0.2, 0.25) is 0 Å². The zero-order chi connectivity index (χ0) is 18.9. The Kier molecular flexibility index (Phi) is 8.66. The fourth-order valence-electron chi connectivity index (χ4n) is 1.59. The third kappa shape index (κ3) is 7.21. The van der Waals surface area contributed by atoms with Gasteiger partial charge in [0, 0.05) is 12.5 Å². The van der Waals surface area contributed by atoms with Gasteiger partial charge in [0.2, 0.25) is 0 Å². The molecule has 0 aliphatic carbocycles. The van der Waals surface area contributed by atoms with Crippen molar-refractivity contribution in [1.82, 2.24) is 4.98 Å². The number of nitrogens with zero attached hydrogens (tertiary/aromatic N) is 1. The van der Waals surface area contributed by atoms with Crippen LogP contribution in [0.25, 0.3) is 11.3 Å². The first-order valence-corrected chi connectivity index (χ1v) is 7.11. The summed E-state index contributed by atoms with van der Waals surface area (Å²) in [6.07, 6.45) is -4.48. The normalized spacial score (nSPS) is 10.0. The number of carbonyl (C=O) groups is 1. The van der Waals surface area contributed by atoms with Crippen LogP contribution in [-0.2, 0) is 11.0 Å². The molecule has 3 nitrogen and oxygen atoms in total. The topological polar surface area (TPSA) is 50.2 Å². The lowest BCUT2D eigenvalue weighted by Gasteiger charge is -2.10. The van der Waals surface area contributed by atoms with Crippen molar-refractivity contribution in [2.75, 3.05) is 0 Å². The second-order valence-corrected chi connectivity index (χ2v) is 4.39. The summed E-state index contributed by atoms with van der Waals surface area (Å²) in [6, 6.07) is 7.49. The van der Waals surface area contributed by atoms with Crippen LogP contribution in [-0.4, -0.2) is 16.1 Å². The van der Waals surface area contributed by atoms with Gasteiger partial charge in [0.05, 0.1) is 5.69 Å². The van der Waals surface area contributed by atoms with E-state index in [-0.39, 0.29) is 5.69 Å². The molecule has 0 radical (unpaired) electrons. The highest BCUT2D eigenvalue weighted by molar-refractivity contribution is 5.63. The third-order valence-electron chi connectivity index (χ3n) is 2.51. The molecule has 24 heavy (non-hydrogen) atoms. The molecule has 0 aliphatic rings. The summed E-state index contributed by atoms with van der Waals surface area (Å²) < 4.78 is 50.4. The lowest BCUT2D eigenvalue weighted by atomic mass is 10.1. The van der Waals surface area contributed by atoms with Gasteiger partial charge >= 0.3 is 6.18 Å². The van der Waals surface area contributed by atoms with Crippen molar-refractivity contribution < 1.29 is 27.5 Å². The number of aliphatic carboxylic acids is 1. The van der Waals surface area contributed by atoms with Gasteiger partial charge in [-0.25, -0.2) is 9.37 Å². The van der Waals surface area contributed by atoms with Crippen molar-refractivity contribution >= 4 is 5.97 Å². The number of hydrogen-bond donors (Lipinski definition) is 1. The lowest BCUT2D eigenvalue weighted by molar-refractivity contribution is -0.141. The number of pyridine rings is 1. The zero-order valence-electron chi connectivity index (χ0n) is 13.8. The Morgan fingerprint density at radius 2 is 1.50 bits per heavy atom. The Labute approximate surface area is 138 Å². The number of carboxylic acid groups (broad SMARTS) is 1. The quantitative estimate of drug-likeness (QED) is 0.711. The van der Waals surface area contributed by atoms with Crippen LogP contribution in [0, 0.1) is 12.7 Å². The molecule has 1 aromatic heterocycles. The van der Waals surface area contributed by atoms with Crippen molar-refractivity contribution in [3.05, 3.63) is 53.5 Å². The van der Waals surface area contributed by atoms with Crippen molar-refractivity contribution in [1.29, 1.82) is 0 Å². The number of benzene rings is 1. The Morgan fingerprint density at radius 3 is 1.92 bits per heavy atom. The standard InChI is InChI=1S/C13H9F4N.C2H4O2.C2H6/c1-8-2-7-11(13(15,16)17)18-12(8)9-3-5-10(14)6-4-9;1-2(3)4;1-2/h2-7H,1H3;1H3,(H,3,4);1-2H3. The van der Waals surface area contributed by atoms with Gasteiger partial charge in [0.25, 0.3) is 5.97 Å². The van der Waals surface area contributed by atoms with Crippen molar-refractivity contribution in [2.24, 2.45) is 0 Å². The Hall–Kier alpha value is -2.44. The van der Waals surface area contributed by atoms with Gasteiger partial charge in [-0.2, -0.15) is 13.2 Å². The van der Waals surface area contributed by atoms with Crippen LogP contribution in [0.3, 0.4) is 0 Å². The minimum atomic E-state index is -4.48. The molecule has 0 fully saturated rings. The lowest BCUT2D eigenvalue weighted by Crippen LogP contribution is -2.08. The molecule has 1 N–H and O–H groups in total. The first kappa shape index (κ1) is 21.6. The summed E-state index contributed by atoms with van der Waals surface area (Å²) in [5.74, 6) is -1.27. The van der Waals surface area contributed by atoms with Crippen LogP contribution in [0.15, 0.2) is 36.4 Å². The van der Waals surface area contributed by atoms with E-state index in [9.17, 15) is 17.6 Å². The fourth-order valence-corrected chi connectivity index (χ4v) is 1.59. The molecule has 0 saturated heterocycles. The number of aryl methyl sites for hydroxylation is 1. The van der Waals surface area contributed by atoms with Crippen LogP contribution in [0.4, 0.5) is 17.6 Å². The van der Waals surface area contributed by atoms with Crippen molar-refractivity contribution in [3.8, 4) is 11.3 Å². The molecule has 0 bridgehead atoms. The molecule has 7 heteroatoms. The fraction of sp³-hybridized carbons (Fsp3) is 0.294. The van der Waals surface area contributed by atoms with E-state index in [1.807, 2.05) is 13.8 Å². The Morgan fingerprint density at radius 1 is 1.04 bits per heavy atom. The van der Waals surface area contributed by atoms with Crippen LogP contribution in [0.1, 0.15) is 32.0 Å². The van der Waals surface area contributed by atoms with E-state index in [0.717, 1.165) is 13.0 Å². The van der Waals surface area contributed by atoms with Gasteiger partial charge < -0.3 is 5.11 Å². The second-order valence-electron chi connectivity index (χ2n) is 4.39. The molecule has 2 rings (SSSR count). The first-order chi connectivity index (χ1) is 11.1. The molecule has 1 aromatic carbocycles. The van der Waals surface area contributed by atoms with Crippen LogP contribution < -0.4 is 0 Å². The predicted molar refractivity (Wildman–Crippen MR) is 84.0 cm³/mol. The number of aromatic nitrogens is 1. The average molecular weight is 345 g/mol. The maximum atomic E-state index is 12.8. The molecular weight excluding hydrogens is 326 g/mol. The molecule has 0 amide bonds. The molecule has 0 saturated carbocycles. The number of carboxylic acids is 1. The smallest absolute Gasteiger partial charge is 0.433 e. The van der Waals surface area contributed by atoms with E-state index in [0.29, 0.717) is 11.1 Å². The third-order valence-corrected chi connectivity index (χ3v) is 2.51. The summed E-state index contributed by atoms with van der Waals surface area (Å²) >= 11 is 0. The first-order valence-electron chi connectivity index (χ1n) is 7.11. The van der Waals surface area contributed by atoms with Gasteiger partial charge in [-0.1, -0.05) is 19.9 Å². The summed E-state index contributed by atoms with van der Waals surface area (Å²) in [6.45, 7) is 6.74. The van der Waals surface area contributed by atoms with Crippen LogP contribution in [0.5, 0.6) is 0 Å². The van der Waals surface area contributed by atoms with E-state index >= 15 is 0 Å². The van der Waals surface area contributed by atoms with Gasteiger partial charge in [0.15, 0.2) is 0 Å². The SMILES string of the molecule is CC.CC(=O)O.Cc1ccc(C(F)(F)F)nc1-c1ccc(F)cc1. The van der Waals surface area contributed by atoms with Crippen molar-refractivity contribution in [3.63, 3.8) is 0 Å². The number of rotatable bonds is 1. The van der Waals surface area contributed by atoms with E-state index < -0.39 is 23.7 Å². The summed E-state index contributed by atoms with van der Waals surface area (Å²) in [5.41, 5.74) is 0.326. The Bertz CT molecular complexity index is 649. The number of hydrogen-bond acceptors (Lipinski definition) is 2. The molecule has 1 heterocycles. The van der Waals surface area contributed by atoms with Gasteiger partial charge in [-0.15, -0.1) is 0 Å². The molecule has 0 spiro atoms. The van der Waals surface area contributed by atoms with E-state index in [1.165, 1.54) is 30.3 Å². The van der Waals surface area contributed by atoms with Gasteiger partial charge in [-0.05, 0) is 42.8 Å². The summed E-state index contributed by atoms with van der Waals surface area (Å²) in [4.78, 5) is 12.6. The average Bonchev–Trinajstić information content (AvgIpc) is 2.49. The summed E-state index contributed by atoms with van der Waals surface area (Å²) in [5, 5.41) is 7.42. The number of halogens is 4. The highest BCUT2D eigenvalue weighted by Crippen LogP contribution is 2.30. The highest BCUT2D eigenvalue weighted by Gasteiger charge is 2.32. The molecule has 2 aromatic rings. The largest absolute Gasteiger partial charge is 0.481 e. The van der Waals surface area contributed by atoms with E-state index in [2.05, 4.69) is 4.98 Å². The zero-order valence-corrected chi connectivity index (χ0v) is 13.8. The molecular formula is C17H19F4NO2. The maximum absolute atomic E-state index is 12.8. The van der Waals surface area contributed by atoms with E-state index in [1.54, 1.807) is 6.92 Å². The molecule has 132 valence electrons. The maximum Gasteiger partial charge on any atom is 0.433 e. The molecule has 0 atom stereocenters. The van der Waals surface area contributed by atoms with E-state index in [4.69, 9.17) is 9.90 Å². The summed E-state index contributed by atoms with van der Waals surface area (Å²) in [7, 11) is 0.